The van der Waals surface area contributed by atoms with Crippen molar-refractivity contribution in [3.8, 4) is 0 Å². The van der Waals surface area contributed by atoms with Gasteiger partial charge in [-0.2, -0.15) is 0 Å². The van der Waals surface area contributed by atoms with E-state index in [1.807, 2.05) is 0 Å². The molecule has 60 valence electrons. The van der Waals surface area contributed by atoms with Crippen LogP contribution in [0.25, 0.3) is 0 Å². The molecule has 2 amide bonds. The van der Waals surface area contributed by atoms with Crippen LogP contribution in [0.5, 0.6) is 0 Å². The van der Waals surface area contributed by atoms with E-state index < -0.39 is 6.03 Å². The van der Waals surface area contributed by atoms with Gasteiger partial charge in [-0.15, -0.1) is 0 Å². The minimum absolute atomic E-state index is 0.108. The lowest BCUT2D eigenvalue weighted by Gasteiger charge is -2.15. The Kier molecular flexibility index (Phi) is 4.61. The van der Waals surface area contributed by atoms with Gasteiger partial charge in [0, 0.05) is 6.54 Å². The number of urea groups is 1. The van der Waals surface area contributed by atoms with Crippen LogP contribution >= 0.6 is 0 Å². The van der Waals surface area contributed by atoms with Gasteiger partial charge in [-0.05, 0) is 0 Å². The molecule has 0 saturated heterocycles. The zero-order valence-corrected chi connectivity index (χ0v) is 5.71. The molecule has 0 rings (SSSR count). The maximum Gasteiger partial charge on any atom is 0.315 e. The molecule has 5 N–H and O–H groups in total. The average Bonchev–Trinajstić information content (AvgIpc) is 1.87. The summed E-state index contributed by atoms with van der Waals surface area (Å²) in [5.41, 5.74) is 4.90. The minimum Gasteiger partial charge on any atom is -0.444 e. The van der Waals surface area contributed by atoms with Crippen molar-refractivity contribution >= 4 is 6.03 Å². The molecule has 0 aromatic rings. The third-order valence-corrected chi connectivity index (χ3v) is 1.06. The Morgan fingerprint density at radius 3 is 2.50 bits per heavy atom. The predicted molar refractivity (Wildman–Crippen MR) is 36.7 cm³/mol. The highest BCUT2D eigenvalue weighted by Gasteiger charge is 2.07. The number of carbonyl (C=O) groups excluding carboxylic acids is 1. The van der Waals surface area contributed by atoms with Gasteiger partial charge >= 0.3 is 6.03 Å². The number of rotatable bonds is 4. The first kappa shape index (κ1) is 9.19. The second-order valence-electron chi connectivity index (χ2n) is 1.80. The van der Waals surface area contributed by atoms with Gasteiger partial charge in [0.1, 0.15) is 0 Å². The molecule has 0 heterocycles. The van der Waals surface area contributed by atoms with E-state index in [0.717, 1.165) is 0 Å². The number of primary amides is 1. The molecule has 0 bridgehead atoms. The Labute approximate surface area is 59.0 Å². The normalized spacial score (nSPS) is 9.40. The van der Waals surface area contributed by atoms with Crippen LogP contribution in [0.3, 0.4) is 0 Å². The lowest BCUT2D eigenvalue weighted by atomic mass is 10.5. The summed E-state index contributed by atoms with van der Waals surface area (Å²) < 4.78 is 0. The molecular weight excluding hydrogens is 136 g/mol. The van der Waals surface area contributed by atoms with Crippen molar-refractivity contribution in [2.75, 3.05) is 26.3 Å². The van der Waals surface area contributed by atoms with Gasteiger partial charge in [0.15, 0.2) is 6.61 Å². The van der Waals surface area contributed by atoms with Gasteiger partial charge in [0.2, 0.25) is 0 Å². The van der Waals surface area contributed by atoms with Crippen molar-refractivity contribution in [3.05, 3.63) is 0 Å². The van der Waals surface area contributed by atoms with Gasteiger partial charge in [-0.3, -0.25) is 0 Å². The Hall–Kier alpha value is -0.810. The molecule has 0 atom stereocenters. The van der Waals surface area contributed by atoms with E-state index in [1.54, 1.807) is 0 Å². The molecule has 0 radical (unpaired) electrons. The Bertz CT molecular complexity index is 101. The first-order valence-corrected chi connectivity index (χ1v) is 3.02. The van der Waals surface area contributed by atoms with Crippen molar-refractivity contribution < 1.29 is 15.0 Å². The summed E-state index contributed by atoms with van der Waals surface area (Å²) >= 11 is 0. The van der Waals surface area contributed by atoms with Crippen LogP contribution in [0, 0.1) is 0 Å². The van der Waals surface area contributed by atoms with Gasteiger partial charge in [0.25, 0.3) is 0 Å². The Morgan fingerprint density at radius 1 is 1.60 bits per heavy atom. The summed E-state index contributed by atoms with van der Waals surface area (Å²) in [5, 5.41) is 15.2. The number of aliphatic hydroxyl groups is 1. The van der Waals surface area contributed by atoms with E-state index >= 15 is 0 Å². The SMILES string of the molecule is NC(=O)N(CCO)CC[OH2+]. The second kappa shape index (κ2) is 5.01. The van der Waals surface area contributed by atoms with Crippen molar-refractivity contribution in [3.63, 3.8) is 0 Å². The number of hydrogen-bond acceptors (Lipinski definition) is 2. The lowest BCUT2D eigenvalue weighted by molar-refractivity contribution is 0.165. The van der Waals surface area contributed by atoms with Crippen LogP contribution < -0.4 is 5.73 Å². The van der Waals surface area contributed by atoms with Crippen LogP contribution in [0.4, 0.5) is 4.79 Å². The van der Waals surface area contributed by atoms with Crippen LogP contribution in [-0.2, 0) is 0 Å². The van der Waals surface area contributed by atoms with Crippen molar-refractivity contribution in [1.82, 2.24) is 4.90 Å². The van der Waals surface area contributed by atoms with E-state index in [9.17, 15) is 4.79 Å². The molecule has 0 saturated carbocycles. The fourth-order valence-electron chi connectivity index (χ4n) is 0.588. The second-order valence-corrected chi connectivity index (χ2v) is 1.80. The topological polar surface area (TPSA) is 89.5 Å². The maximum absolute atomic E-state index is 10.4. The number of carbonyl (C=O) groups is 1. The van der Waals surface area contributed by atoms with Crippen LogP contribution in [0.1, 0.15) is 0 Å². The number of amides is 2. The zero-order valence-electron chi connectivity index (χ0n) is 5.71. The monoisotopic (exact) mass is 149 g/mol. The van der Waals surface area contributed by atoms with E-state index in [1.165, 1.54) is 4.90 Å². The largest absolute Gasteiger partial charge is 0.444 e. The molecule has 0 unspecified atom stereocenters. The minimum atomic E-state index is -0.582. The number of nitrogens with zero attached hydrogens (tertiary/aromatic N) is 1. The highest BCUT2D eigenvalue weighted by atomic mass is 16.3. The standard InChI is InChI=1S/C5H12N2O3/c6-5(10)7(1-3-8)2-4-9/h8-9H,1-4H2,(H2,6,10)/p+1. The molecule has 0 fully saturated rings. The molecule has 0 aliphatic carbocycles. The molecule has 5 heteroatoms. The third-order valence-electron chi connectivity index (χ3n) is 1.06. The maximum atomic E-state index is 10.4. The van der Waals surface area contributed by atoms with Crippen LogP contribution in [0.15, 0.2) is 0 Å². The van der Waals surface area contributed by atoms with Gasteiger partial charge in [-0.1, -0.05) is 0 Å². The number of aliphatic hydroxyl groups excluding tert-OH is 1. The Morgan fingerprint density at radius 2 is 2.20 bits per heavy atom. The van der Waals surface area contributed by atoms with Crippen molar-refractivity contribution in [2.24, 2.45) is 5.73 Å². The van der Waals surface area contributed by atoms with Crippen molar-refractivity contribution in [2.45, 2.75) is 0 Å². The first-order chi connectivity index (χ1) is 4.72. The summed E-state index contributed by atoms with van der Waals surface area (Å²) in [5.74, 6) is 0. The molecule has 0 spiro atoms. The van der Waals surface area contributed by atoms with Crippen molar-refractivity contribution in [1.29, 1.82) is 0 Å². The average molecular weight is 149 g/mol. The predicted octanol–water partition coefficient (Wildman–Crippen LogP) is -1.92. The molecule has 5 nitrogen and oxygen atoms in total. The first-order valence-electron chi connectivity index (χ1n) is 3.02. The fraction of sp³-hybridized carbons (Fsp3) is 0.800. The van der Waals surface area contributed by atoms with E-state index in [4.69, 9.17) is 15.9 Å². The van der Waals surface area contributed by atoms with E-state index in [2.05, 4.69) is 0 Å². The molecule has 0 aliphatic heterocycles. The summed E-state index contributed by atoms with van der Waals surface area (Å²) in [6.07, 6.45) is 0. The summed E-state index contributed by atoms with van der Waals surface area (Å²) in [6, 6.07) is -0.582. The summed E-state index contributed by atoms with van der Waals surface area (Å²) in [6.45, 7) is 0.510. The number of nitrogens with two attached hydrogens (primary N) is 1. The van der Waals surface area contributed by atoms with Crippen LogP contribution in [-0.4, -0.2) is 47.4 Å². The van der Waals surface area contributed by atoms with Gasteiger partial charge in [0.05, 0.1) is 13.2 Å². The molecular formula is C5H13N2O3+. The molecule has 0 aromatic carbocycles. The summed E-state index contributed by atoms with van der Waals surface area (Å²) in [7, 11) is 0. The smallest absolute Gasteiger partial charge is 0.315 e. The molecule has 0 aromatic heterocycles. The van der Waals surface area contributed by atoms with Gasteiger partial charge < -0.3 is 20.8 Å². The van der Waals surface area contributed by atoms with Crippen LogP contribution in [0.2, 0.25) is 0 Å². The Balaban J connectivity index is 3.61. The number of hydrogen-bond donors (Lipinski definition) is 2. The summed E-state index contributed by atoms with van der Waals surface area (Å²) in [4.78, 5) is 11.7. The van der Waals surface area contributed by atoms with E-state index in [-0.39, 0.29) is 26.3 Å². The van der Waals surface area contributed by atoms with E-state index in [0.29, 0.717) is 0 Å². The lowest BCUT2D eigenvalue weighted by Crippen LogP contribution is -2.39. The highest BCUT2D eigenvalue weighted by Crippen LogP contribution is 1.84. The molecule has 0 aliphatic rings. The third kappa shape index (κ3) is 3.26. The quantitative estimate of drug-likeness (QED) is 0.456. The fourth-order valence-corrected chi connectivity index (χ4v) is 0.588. The van der Waals surface area contributed by atoms with Gasteiger partial charge in [-0.25, -0.2) is 4.79 Å². The zero-order chi connectivity index (χ0) is 7.98. The highest BCUT2D eigenvalue weighted by molar-refractivity contribution is 5.71. The molecule has 10 heavy (non-hydrogen) atoms.